The van der Waals surface area contributed by atoms with Gasteiger partial charge in [0.15, 0.2) is 18.1 Å². The van der Waals surface area contributed by atoms with Gasteiger partial charge in [-0.05, 0) is 61.7 Å². The second kappa shape index (κ2) is 12.5. The molecule has 0 fully saturated rings. The zero-order chi connectivity index (χ0) is 24.3. The molecule has 1 amide bonds. The lowest BCUT2D eigenvalue weighted by atomic mass is 10.1. The number of halogens is 3. The molecule has 0 heterocycles. The van der Waals surface area contributed by atoms with Gasteiger partial charge in [-0.2, -0.15) is 13.2 Å². The summed E-state index contributed by atoms with van der Waals surface area (Å²) in [5.74, 6) is -0.0517. The van der Waals surface area contributed by atoms with Crippen molar-refractivity contribution in [2.75, 3.05) is 26.4 Å². The molecule has 0 saturated carbocycles. The molecule has 0 saturated heterocycles. The van der Waals surface area contributed by atoms with Crippen molar-refractivity contribution < 1.29 is 37.0 Å². The molecule has 0 atom stereocenters. The average Bonchev–Trinajstić information content (AvgIpc) is 2.78. The summed E-state index contributed by atoms with van der Waals surface area (Å²) in [6.45, 7) is 4.58. The first-order valence-electron chi connectivity index (χ1n) is 10.4. The molecule has 178 valence electrons. The summed E-state index contributed by atoms with van der Waals surface area (Å²) in [4.78, 5) is 23.6. The highest BCUT2D eigenvalue weighted by atomic mass is 19.4. The molecule has 0 aromatic heterocycles. The summed E-state index contributed by atoms with van der Waals surface area (Å²) >= 11 is 0. The van der Waals surface area contributed by atoms with E-state index in [4.69, 9.17) is 14.2 Å². The van der Waals surface area contributed by atoms with Gasteiger partial charge in [-0.1, -0.05) is 18.2 Å². The van der Waals surface area contributed by atoms with Crippen molar-refractivity contribution in [2.45, 2.75) is 26.4 Å². The lowest BCUT2D eigenvalue weighted by Gasteiger charge is -2.12. The minimum Gasteiger partial charge on any atom is -0.490 e. The summed E-state index contributed by atoms with van der Waals surface area (Å²) in [7, 11) is 0. The van der Waals surface area contributed by atoms with Crippen molar-refractivity contribution in [3.63, 3.8) is 0 Å². The van der Waals surface area contributed by atoms with Crippen LogP contribution in [0.2, 0.25) is 0 Å². The van der Waals surface area contributed by atoms with E-state index in [1.807, 2.05) is 32.0 Å². The monoisotopic (exact) mass is 465 g/mol. The number of ether oxygens (including phenoxy) is 3. The molecule has 2 aromatic carbocycles. The molecule has 1 N–H and O–H groups in total. The molecule has 2 aromatic rings. The highest BCUT2D eigenvalue weighted by Crippen LogP contribution is 2.30. The lowest BCUT2D eigenvalue weighted by Crippen LogP contribution is -2.30. The Bertz CT molecular complexity index is 973. The van der Waals surface area contributed by atoms with E-state index >= 15 is 0 Å². The van der Waals surface area contributed by atoms with Gasteiger partial charge in [0.25, 0.3) is 5.91 Å². The van der Waals surface area contributed by atoms with E-state index in [-0.39, 0.29) is 5.56 Å². The summed E-state index contributed by atoms with van der Waals surface area (Å²) in [6.07, 6.45) is -1.78. The molecule has 9 heteroatoms. The van der Waals surface area contributed by atoms with Crippen molar-refractivity contribution >= 4 is 18.0 Å². The first kappa shape index (κ1) is 25.8. The maximum Gasteiger partial charge on any atom is 0.416 e. The highest BCUT2D eigenvalue weighted by Gasteiger charge is 2.30. The lowest BCUT2D eigenvalue weighted by molar-refractivity contribution is -0.143. The van der Waals surface area contributed by atoms with Crippen LogP contribution < -0.4 is 14.8 Å². The van der Waals surface area contributed by atoms with Crippen molar-refractivity contribution in [2.24, 2.45) is 0 Å². The fraction of sp³-hybridized carbons (Fsp3) is 0.333. The number of nitrogens with one attached hydrogen (secondary N) is 1. The largest absolute Gasteiger partial charge is 0.490 e. The topological polar surface area (TPSA) is 73.9 Å². The van der Waals surface area contributed by atoms with Crippen LogP contribution in [0.4, 0.5) is 13.2 Å². The van der Waals surface area contributed by atoms with Gasteiger partial charge >= 0.3 is 12.1 Å². The molecule has 0 aliphatic heterocycles. The minimum atomic E-state index is -4.47. The SMILES string of the molecule is CCOc1ccc(CCNC(=O)COC(=O)/C=C/c2cccc(C(F)(F)F)c2)cc1OCC. The van der Waals surface area contributed by atoms with Gasteiger partial charge in [0.2, 0.25) is 0 Å². The molecule has 0 aliphatic carbocycles. The van der Waals surface area contributed by atoms with Crippen LogP contribution in [0, 0.1) is 0 Å². The second-order valence-corrected chi connectivity index (χ2v) is 6.81. The average molecular weight is 465 g/mol. The number of benzene rings is 2. The zero-order valence-electron chi connectivity index (χ0n) is 18.4. The van der Waals surface area contributed by atoms with Gasteiger partial charge in [0.1, 0.15) is 0 Å². The van der Waals surface area contributed by atoms with E-state index in [0.717, 1.165) is 23.8 Å². The Morgan fingerprint density at radius 3 is 2.42 bits per heavy atom. The quantitative estimate of drug-likeness (QED) is 0.393. The Morgan fingerprint density at radius 2 is 1.73 bits per heavy atom. The third kappa shape index (κ3) is 8.88. The minimum absolute atomic E-state index is 0.188. The molecule has 0 aliphatic rings. The Morgan fingerprint density at radius 1 is 1.00 bits per heavy atom. The molecule has 0 radical (unpaired) electrons. The molecule has 2 rings (SSSR count). The van der Waals surface area contributed by atoms with Gasteiger partial charge in [0, 0.05) is 12.6 Å². The van der Waals surface area contributed by atoms with Gasteiger partial charge in [-0.3, -0.25) is 4.79 Å². The van der Waals surface area contributed by atoms with Crippen LogP contribution in [-0.2, 0) is 26.9 Å². The van der Waals surface area contributed by atoms with E-state index in [9.17, 15) is 22.8 Å². The second-order valence-electron chi connectivity index (χ2n) is 6.81. The highest BCUT2D eigenvalue weighted by molar-refractivity contribution is 5.89. The van der Waals surface area contributed by atoms with Crippen LogP contribution in [0.3, 0.4) is 0 Å². The number of rotatable bonds is 11. The van der Waals surface area contributed by atoms with E-state index in [2.05, 4.69) is 5.32 Å². The summed E-state index contributed by atoms with van der Waals surface area (Å²) < 4.78 is 54.1. The molecule has 0 spiro atoms. The number of carbonyl (C=O) groups excluding carboxylic acids is 2. The van der Waals surface area contributed by atoms with E-state index in [1.54, 1.807) is 0 Å². The van der Waals surface area contributed by atoms with Crippen LogP contribution in [0.15, 0.2) is 48.5 Å². The third-order valence-corrected chi connectivity index (χ3v) is 4.31. The molecular formula is C24H26F3NO5. The fourth-order valence-corrected chi connectivity index (χ4v) is 2.82. The maximum absolute atomic E-state index is 12.7. The van der Waals surface area contributed by atoms with Crippen LogP contribution in [0.25, 0.3) is 6.08 Å². The smallest absolute Gasteiger partial charge is 0.416 e. The zero-order valence-corrected chi connectivity index (χ0v) is 18.4. The number of amides is 1. The van der Waals surface area contributed by atoms with Crippen LogP contribution in [0.1, 0.15) is 30.5 Å². The molecule has 0 unspecified atom stereocenters. The predicted octanol–water partition coefficient (Wildman–Crippen LogP) is 4.42. The van der Waals surface area contributed by atoms with Gasteiger partial charge in [0.05, 0.1) is 18.8 Å². The fourth-order valence-electron chi connectivity index (χ4n) is 2.82. The molecular weight excluding hydrogens is 439 g/mol. The van der Waals surface area contributed by atoms with E-state index in [1.165, 1.54) is 18.2 Å². The van der Waals surface area contributed by atoms with Crippen molar-refractivity contribution in [1.82, 2.24) is 5.32 Å². The van der Waals surface area contributed by atoms with E-state index < -0.39 is 30.2 Å². The predicted molar refractivity (Wildman–Crippen MR) is 117 cm³/mol. The number of hydrogen-bond donors (Lipinski definition) is 1. The molecule has 33 heavy (non-hydrogen) atoms. The standard InChI is InChI=1S/C24H26F3NO5/c1-3-31-20-10-8-18(15-21(20)32-4-2)12-13-28-22(29)16-33-23(30)11-9-17-6-5-7-19(14-17)24(25,26)27/h5-11,14-15H,3-4,12-13,16H2,1-2H3,(H,28,29)/b11-9+. The summed E-state index contributed by atoms with van der Waals surface area (Å²) in [5, 5.41) is 2.64. The Labute approximate surface area is 190 Å². The Kier molecular flexibility index (Phi) is 9.78. The molecule has 6 nitrogen and oxygen atoms in total. The van der Waals surface area contributed by atoms with Crippen LogP contribution in [0.5, 0.6) is 11.5 Å². The van der Waals surface area contributed by atoms with Crippen molar-refractivity contribution in [1.29, 1.82) is 0 Å². The van der Waals surface area contributed by atoms with Crippen molar-refractivity contribution in [3.05, 3.63) is 65.2 Å². The number of hydrogen-bond acceptors (Lipinski definition) is 5. The van der Waals surface area contributed by atoms with Crippen LogP contribution in [-0.4, -0.2) is 38.2 Å². The van der Waals surface area contributed by atoms with Gasteiger partial charge < -0.3 is 19.5 Å². The Balaban J connectivity index is 1.77. The first-order chi connectivity index (χ1) is 15.7. The third-order valence-electron chi connectivity index (χ3n) is 4.31. The summed E-state index contributed by atoms with van der Waals surface area (Å²) in [5.41, 5.74) is 0.300. The number of alkyl halides is 3. The molecule has 0 bridgehead atoms. The van der Waals surface area contributed by atoms with Crippen LogP contribution >= 0.6 is 0 Å². The van der Waals surface area contributed by atoms with Crippen molar-refractivity contribution in [3.8, 4) is 11.5 Å². The Hall–Kier alpha value is -3.49. The summed E-state index contributed by atoms with van der Waals surface area (Å²) in [6, 6.07) is 10.0. The normalized spacial score (nSPS) is 11.3. The first-order valence-corrected chi connectivity index (χ1v) is 10.4. The maximum atomic E-state index is 12.7. The van der Waals surface area contributed by atoms with Gasteiger partial charge in [-0.15, -0.1) is 0 Å². The van der Waals surface area contributed by atoms with Gasteiger partial charge in [-0.25, -0.2) is 4.79 Å². The number of carbonyl (C=O) groups is 2. The number of esters is 1. The van der Waals surface area contributed by atoms with E-state index in [0.29, 0.717) is 37.7 Å².